The third-order valence-electron chi connectivity index (χ3n) is 4.55. The third kappa shape index (κ3) is 5.95. The highest BCUT2D eigenvalue weighted by molar-refractivity contribution is 7.89. The summed E-state index contributed by atoms with van der Waals surface area (Å²) < 4.78 is 33.4. The Kier molecular flexibility index (Phi) is 7.68. The molecule has 0 saturated carbocycles. The highest BCUT2D eigenvalue weighted by Crippen LogP contribution is 2.26. The lowest BCUT2D eigenvalue weighted by molar-refractivity contribution is -0.124. The average molecular weight is 439 g/mol. The van der Waals surface area contributed by atoms with Crippen LogP contribution in [0.3, 0.4) is 0 Å². The van der Waals surface area contributed by atoms with Crippen molar-refractivity contribution in [1.82, 2.24) is 10.0 Å². The fraction of sp³-hybridized carbons (Fsp3) is 0.381. The van der Waals surface area contributed by atoms with E-state index in [2.05, 4.69) is 10.0 Å². The van der Waals surface area contributed by atoms with Crippen LogP contribution in [-0.4, -0.2) is 27.5 Å². The van der Waals surface area contributed by atoms with Gasteiger partial charge in [0.25, 0.3) is 0 Å². The number of hydrogen-bond donors (Lipinski definition) is 2. The number of nitrogens with one attached hydrogen (secondary N) is 2. The maximum absolute atomic E-state index is 12.9. The van der Waals surface area contributed by atoms with Gasteiger partial charge in [0.15, 0.2) is 0 Å². The molecule has 1 amide bonds. The van der Waals surface area contributed by atoms with E-state index in [1.54, 1.807) is 33.1 Å². The van der Waals surface area contributed by atoms with Crippen molar-refractivity contribution in [2.45, 2.75) is 44.7 Å². The normalized spacial score (nSPS) is 13.8. The van der Waals surface area contributed by atoms with Crippen LogP contribution in [0.15, 0.2) is 47.4 Å². The number of methoxy groups -OCH3 is 1. The summed E-state index contributed by atoms with van der Waals surface area (Å²) in [7, 11) is -2.34. The summed E-state index contributed by atoms with van der Waals surface area (Å²) in [5, 5.41) is 3.20. The number of carbonyl (C=O) groups excluding carboxylic acids is 1. The summed E-state index contributed by atoms with van der Waals surface area (Å²) >= 11 is 5.91. The van der Waals surface area contributed by atoms with Crippen LogP contribution in [0.5, 0.6) is 5.75 Å². The molecule has 0 radical (unpaired) electrons. The van der Waals surface area contributed by atoms with Crippen molar-refractivity contribution in [2.24, 2.45) is 5.92 Å². The maximum Gasteiger partial charge on any atom is 0.241 e. The molecule has 6 nitrogen and oxygen atoms in total. The molecule has 158 valence electrons. The zero-order chi connectivity index (χ0) is 21.8. The molecule has 0 aliphatic heterocycles. The van der Waals surface area contributed by atoms with E-state index in [1.165, 1.54) is 12.1 Å². The van der Waals surface area contributed by atoms with Gasteiger partial charge in [0.1, 0.15) is 11.8 Å². The fourth-order valence-electron chi connectivity index (χ4n) is 2.93. The number of carbonyl (C=O) groups is 1. The van der Waals surface area contributed by atoms with Crippen molar-refractivity contribution < 1.29 is 17.9 Å². The van der Waals surface area contributed by atoms with Crippen LogP contribution in [0.4, 0.5) is 0 Å². The van der Waals surface area contributed by atoms with Crippen LogP contribution in [0.2, 0.25) is 5.02 Å². The highest BCUT2D eigenvalue weighted by atomic mass is 35.5. The van der Waals surface area contributed by atoms with E-state index >= 15 is 0 Å². The van der Waals surface area contributed by atoms with E-state index in [4.69, 9.17) is 16.3 Å². The number of benzene rings is 2. The minimum Gasteiger partial charge on any atom is -0.496 e. The standard InChI is InChI=1S/C21H27ClN2O4S/c1-13(2)20(24-29(26,27)17-8-6-7-16(22)12-17)21(25)23-15(4)18-11-14(3)9-10-19(18)28-5/h6-13,15,20,24H,1-5H3,(H,23,25). The fourth-order valence-corrected chi connectivity index (χ4v) is 4.58. The Bertz CT molecular complexity index is 976. The monoisotopic (exact) mass is 438 g/mol. The van der Waals surface area contributed by atoms with Gasteiger partial charge in [0.05, 0.1) is 18.0 Å². The molecule has 2 aromatic rings. The molecule has 2 atom stereocenters. The molecular weight excluding hydrogens is 412 g/mol. The molecule has 2 rings (SSSR count). The lowest BCUT2D eigenvalue weighted by atomic mass is 10.0. The van der Waals surface area contributed by atoms with Gasteiger partial charge in [0, 0.05) is 10.6 Å². The van der Waals surface area contributed by atoms with Crippen molar-refractivity contribution in [3.63, 3.8) is 0 Å². The molecular formula is C21H27ClN2O4S. The molecule has 2 unspecified atom stereocenters. The maximum atomic E-state index is 12.9. The molecule has 0 saturated heterocycles. The van der Waals surface area contributed by atoms with E-state index in [-0.39, 0.29) is 16.9 Å². The van der Waals surface area contributed by atoms with Crippen LogP contribution >= 0.6 is 11.6 Å². The summed E-state index contributed by atoms with van der Waals surface area (Å²) in [4.78, 5) is 12.9. The number of sulfonamides is 1. The second-order valence-electron chi connectivity index (χ2n) is 7.28. The topological polar surface area (TPSA) is 84.5 Å². The molecule has 0 aliphatic rings. The second-order valence-corrected chi connectivity index (χ2v) is 9.43. The zero-order valence-corrected chi connectivity index (χ0v) is 18.8. The summed E-state index contributed by atoms with van der Waals surface area (Å²) in [5.74, 6) is -0.0266. The van der Waals surface area contributed by atoms with Crippen molar-refractivity contribution in [3.8, 4) is 5.75 Å². The van der Waals surface area contributed by atoms with Gasteiger partial charge >= 0.3 is 0 Å². The number of rotatable bonds is 8. The van der Waals surface area contributed by atoms with Crippen LogP contribution in [0, 0.1) is 12.8 Å². The predicted octanol–water partition coefficient (Wildman–Crippen LogP) is 3.84. The molecule has 0 heterocycles. The molecule has 29 heavy (non-hydrogen) atoms. The lowest BCUT2D eigenvalue weighted by Crippen LogP contribution is -2.50. The quantitative estimate of drug-likeness (QED) is 0.655. The van der Waals surface area contributed by atoms with E-state index in [9.17, 15) is 13.2 Å². The van der Waals surface area contributed by atoms with Crippen molar-refractivity contribution >= 4 is 27.5 Å². The second kappa shape index (κ2) is 9.61. The van der Waals surface area contributed by atoms with Crippen LogP contribution in [0.25, 0.3) is 0 Å². The molecule has 0 bridgehead atoms. The minimum absolute atomic E-state index is 0.0110. The first kappa shape index (κ1) is 23.2. The van der Waals surface area contributed by atoms with Gasteiger partial charge in [-0.1, -0.05) is 49.2 Å². The molecule has 0 aliphatic carbocycles. The van der Waals surface area contributed by atoms with Crippen molar-refractivity contribution in [1.29, 1.82) is 0 Å². The Hall–Kier alpha value is -2.09. The Morgan fingerprint density at radius 2 is 1.79 bits per heavy atom. The Morgan fingerprint density at radius 1 is 1.10 bits per heavy atom. The van der Waals surface area contributed by atoms with Gasteiger partial charge in [-0.2, -0.15) is 4.72 Å². The van der Waals surface area contributed by atoms with Gasteiger partial charge in [-0.05, 0) is 44.0 Å². The largest absolute Gasteiger partial charge is 0.496 e. The first-order valence-corrected chi connectivity index (χ1v) is 11.1. The lowest BCUT2D eigenvalue weighted by Gasteiger charge is -2.25. The third-order valence-corrected chi connectivity index (χ3v) is 6.22. The van der Waals surface area contributed by atoms with Crippen LogP contribution in [-0.2, 0) is 14.8 Å². The van der Waals surface area contributed by atoms with E-state index in [0.29, 0.717) is 10.8 Å². The Labute approximate surface area is 177 Å². The molecule has 0 fully saturated rings. The van der Waals surface area contributed by atoms with Crippen molar-refractivity contribution in [2.75, 3.05) is 7.11 Å². The van der Waals surface area contributed by atoms with Gasteiger partial charge in [-0.3, -0.25) is 4.79 Å². The number of aryl methyl sites for hydroxylation is 1. The highest BCUT2D eigenvalue weighted by Gasteiger charge is 2.29. The number of halogens is 1. The summed E-state index contributed by atoms with van der Waals surface area (Å²) in [6, 6.07) is 10.3. The smallest absolute Gasteiger partial charge is 0.241 e. The zero-order valence-electron chi connectivity index (χ0n) is 17.2. The van der Waals surface area contributed by atoms with E-state index in [0.717, 1.165) is 11.1 Å². The summed E-state index contributed by atoms with van der Waals surface area (Å²) in [6.07, 6.45) is 0. The number of ether oxygens (including phenoxy) is 1. The molecule has 2 aromatic carbocycles. The Morgan fingerprint density at radius 3 is 2.38 bits per heavy atom. The Balaban J connectivity index is 2.23. The van der Waals surface area contributed by atoms with E-state index < -0.39 is 22.0 Å². The van der Waals surface area contributed by atoms with Crippen LogP contribution in [0.1, 0.15) is 37.9 Å². The van der Waals surface area contributed by atoms with Gasteiger partial charge in [0.2, 0.25) is 15.9 Å². The van der Waals surface area contributed by atoms with Gasteiger partial charge in [-0.25, -0.2) is 8.42 Å². The predicted molar refractivity (Wildman–Crippen MR) is 115 cm³/mol. The number of hydrogen-bond acceptors (Lipinski definition) is 4. The SMILES string of the molecule is COc1ccc(C)cc1C(C)NC(=O)C(NS(=O)(=O)c1cccc(Cl)c1)C(C)C. The summed E-state index contributed by atoms with van der Waals surface area (Å²) in [6.45, 7) is 7.34. The minimum atomic E-state index is -3.91. The molecule has 0 aromatic heterocycles. The van der Waals surface area contributed by atoms with Gasteiger partial charge in [-0.15, -0.1) is 0 Å². The van der Waals surface area contributed by atoms with Gasteiger partial charge < -0.3 is 10.1 Å². The van der Waals surface area contributed by atoms with Crippen molar-refractivity contribution in [3.05, 3.63) is 58.6 Å². The molecule has 0 spiro atoms. The number of amides is 1. The first-order valence-electron chi connectivity index (χ1n) is 9.28. The van der Waals surface area contributed by atoms with E-state index in [1.807, 2.05) is 32.0 Å². The molecule has 8 heteroatoms. The molecule has 2 N–H and O–H groups in total. The average Bonchev–Trinajstić information content (AvgIpc) is 2.65. The summed E-state index contributed by atoms with van der Waals surface area (Å²) in [5.41, 5.74) is 1.85. The first-order chi connectivity index (χ1) is 13.5. The van der Waals surface area contributed by atoms with Crippen LogP contribution < -0.4 is 14.8 Å².